The van der Waals surface area contributed by atoms with E-state index in [0.29, 0.717) is 19.6 Å². The van der Waals surface area contributed by atoms with Gasteiger partial charge in [-0.2, -0.15) is 0 Å². The minimum absolute atomic E-state index is 0.0428. The van der Waals surface area contributed by atoms with E-state index in [4.69, 9.17) is 4.74 Å². The Morgan fingerprint density at radius 1 is 1.22 bits per heavy atom. The van der Waals surface area contributed by atoms with E-state index >= 15 is 0 Å². The van der Waals surface area contributed by atoms with Crippen LogP contribution in [0.15, 0.2) is 12.1 Å². The van der Waals surface area contributed by atoms with Gasteiger partial charge in [-0.3, -0.25) is 4.79 Å². The molecule has 126 valence electrons. The maximum Gasteiger partial charge on any atom is 0.254 e. The minimum atomic E-state index is -0.359. The molecule has 1 N–H and O–H groups in total. The zero-order chi connectivity index (χ0) is 16.6. The number of ether oxygens (including phenoxy) is 1. The number of hydrogen-bond acceptors (Lipinski definition) is 3. The van der Waals surface area contributed by atoms with Gasteiger partial charge in [0, 0.05) is 30.7 Å². The smallest absolute Gasteiger partial charge is 0.254 e. The fourth-order valence-corrected chi connectivity index (χ4v) is 4.27. The maximum absolute atomic E-state index is 13.2. The minimum Gasteiger partial charge on any atom is -0.393 e. The average molecular weight is 317 g/mol. The lowest BCUT2D eigenvalue weighted by atomic mass is 9.88. The van der Waals surface area contributed by atoms with Crippen molar-refractivity contribution in [1.29, 1.82) is 0 Å². The Balaban J connectivity index is 1.86. The van der Waals surface area contributed by atoms with Gasteiger partial charge in [-0.05, 0) is 51.2 Å². The van der Waals surface area contributed by atoms with Crippen molar-refractivity contribution in [3.8, 4) is 0 Å². The second kappa shape index (κ2) is 6.62. The molecule has 1 aromatic carbocycles. The van der Waals surface area contributed by atoms with Crippen molar-refractivity contribution in [1.82, 2.24) is 4.90 Å². The number of carbonyl (C=O) groups excluding carboxylic acids is 1. The summed E-state index contributed by atoms with van der Waals surface area (Å²) >= 11 is 0. The third kappa shape index (κ3) is 3.15. The van der Waals surface area contributed by atoms with Crippen LogP contribution in [0.1, 0.15) is 46.3 Å². The van der Waals surface area contributed by atoms with E-state index in [1.54, 1.807) is 0 Å². The predicted octanol–water partition coefficient (Wildman–Crippen LogP) is 2.61. The molecule has 4 heteroatoms. The summed E-state index contributed by atoms with van der Waals surface area (Å²) in [5, 5.41) is 10.3. The molecule has 0 aliphatic carbocycles. The second-order valence-corrected chi connectivity index (χ2v) is 7.08. The topological polar surface area (TPSA) is 49.8 Å². The predicted molar refractivity (Wildman–Crippen MR) is 89.6 cm³/mol. The number of hydrogen-bond donors (Lipinski definition) is 1. The first-order valence-corrected chi connectivity index (χ1v) is 8.63. The van der Waals surface area contributed by atoms with Crippen LogP contribution in [0, 0.1) is 26.7 Å². The van der Waals surface area contributed by atoms with E-state index in [0.717, 1.165) is 36.1 Å². The van der Waals surface area contributed by atoms with Crippen LogP contribution in [0.3, 0.4) is 0 Å². The maximum atomic E-state index is 13.2. The Hall–Kier alpha value is -1.39. The zero-order valence-corrected chi connectivity index (χ0v) is 14.3. The monoisotopic (exact) mass is 317 g/mol. The van der Waals surface area contributed by atoms with E-state index in [9.17, 15) is 9.90 Å². The molecule has 2 saturated heterocycles. The van der Waals surface area contributed by atoms with Gasteiger partial charge in [-0.1, -0.05) is 17.7 Å². The Bertz CT molecular complexity index is 575. The SMILES string of the molecule is Cc1cc(C)c(C(=O)N2CCC[C@@H]2[C@H]2COCC[C@@H]2O)c(C)c1. The fourth-order valence-electron chi connectivity index (χ4n) is 4.27. The van der Waals surface area contributed by atoms with Crippen LogP contribution in [0.4, 0.5) is 0 Å². The summed E-state index contributed by atoms with van der Waals surface area (Å²) in [6.07, 6.45) is 2.28. The van der Waals surface area contributed by atoms with Crippen LogP contribution < -0.4 is 0 Å². The number of aryl methyl sites for hydroxylation is 3. The first-order valence-electron chi connectivity index (χ1n) is 8.63. The summed E-state index contributed by atoms with van der Waals surface area (Å²) in [6, 6.07) is 4.24. The highest BCUT2D eigenvalue weighted by molar-refractivity contribution is 5.97. The molecule has 3 rings (SSSR count). The molecule has 2 fully saturated rings. The second-order valence-electron chi connectivity index (χ2n) is 7.08. The van der Waals surface area contributed by atoms with Gasteiger partial charge >= 0.3 is 0 Å². The third-order valence-corrected chi connectivity index (χ3v) is 5.31. The largest absolute Gasteiger partial charge is 0.393 e. The standard InChI is InChI=1S/C19H27NO3/c1-12-9-13(2)18(14(3)10-12)19(22)20-7-4-5-16(20)15-11-23-8-6-17(15)21/h9-10,15-17,21H,4-8,11H2,1-3H3/t15-,16-,17+/m1/s1. The van der Waals surface area contributed by atoms with Crippen LogP contribution in [0.2, 0.25) is 0 Å². The molecule has 0 aromatic heterocycles. The molecule has 1 amide bonds. The number of rotatable bonds is 2. The molecule has 2 heterocycles. The average Bonchev–Trinajstić information content (AvgIpc) is 2.95. The number of benzene rings is 1. The lowest BCUT2D eigenvalue weighted by Crippen LogP contribution is -2.48. The van der Waals surface area contributed by atoms with Gasteiger partial charge in [-0.25, -0.2) is 0 Å². The van der Waals surface area contributed by atoms with Crippen molar-refractivity contribution in [2.45, 2.75) is 52.2 Å². The number of carbonyl (C=O) groups is 1. The molecule has 2 aliphatic heterocycles. The van der Waals surface area contributed by atoms with E-state index in [2.05, 4.69) is 19.1 Å². The first kappa shape index (κ1) is 16.5. The van der Waals surface area contributed by atoms with Crippen molar-refractivity contribution in [3.63, 3.8) is 0 Å². The summed E-state index contributed by atoms with van der Waals surface area (Å²) in [6.45, 7) is 8.03. The third-order valence-electron chi connectivity index (χ3n) is 5.31. The lowest BCUT2D eigenvalue weighted by Gasteiger charge is -2.37. The summed E-state index contributed by atoms with van der Waals surface area (Å²) in [5.41, 5.74) is 4.09. The van der Waals surface area contributed by atoms with Crippen molar-refractivity contribution in [2.24, 2.45) is 5.92 Å². The lowest BCUT2D eigenvalue weighted by molar-refractivity contribution is -0.0589. The van der Waals surface area contributed by atoms with Crippen LogP contribution in [0.5, 0.6) is 0 Å². The highest BCUT2D eigenvalue weighted by Crippen LogP contribution is 2.32. The highest BCUT2D eigenvalue weighted by Gasteiger charge is 2.40. The van der Waals surface area contributed by atoms with Crippen molar-refractivity contribution in [2.75, 3.05) is 19.8 Å². The number of amides is 1. The van der Waals surface area contributed by atoms with E-state index in [1.165, 1.54) is 5.56 Å². The van der Waals surface area contributed by atoms with Crippen LogP contribution in [0.25, 0.3) is 0 Å². The molecule has 0 saturated carbocycles. The summed E-state index contributed by atoms with van der Waals surface area (Å²) in [7, 11) is 0. The molecule has 0 unspecified atom stereocenters. The number of aliphatic hydroxyl groups is 1. The van der Waals surface area contributed by atoms with Crippen molar-refractivity contribution in [3.05, 3.63) is 34.4 Å². The molecule has 3 atom stereocenters. The summed E-state index contributed by atoms with van der Waals surface area (Å²) in [5.74, 6) is 0.154. The summed E-state index contributed by atoms with van der Waals surface area (Å²) in [4.78, 5) is 15.1. The van der Waals surface area contributed by atoms with E-state index < -0.39 is 0 Å². The Kier molecular flexibility index (Phi) is 4.74. The Labute approximate surface area is 138 Å². The van der Waals surface area contributed by atoms with Gasteiger partial charge in [0.05, 0.1) is 12.7 Å². The van der Waals surface area contributed by atoms with Crippen molar-refractivity contribution >= 4 is 5.91 Å². The van der Waals surface area contributed by atoms with Crippen LogP contribution >= 0.6 is 0 Å². The molecule has 0 bridgehead atoms. The van der Waals surface area contributed by atoms with Gasteiger partial charge in [0.15, 0.2) is 0 Å². The van der Waals surface area contributed by atoms with Gasteiger partial charge in [0.1, 0.15) is 0 Å². The Morgan fingerprint density at radius 3 is 2.57 bits per heavy atom. The molecule has 0 radical (unpaired) electrons. The fraction of sp³-hybridized carbons (Fsp3) is 0.632. The van der Waals surface area contributed by atoms with Gasteiger partial charge in [0.25, 0.3) is 5.91 Å². The van der Waals surface area contributed by atoms with Crippen LogP contribution in [-0.4, -0.2) is 47.8 Å². The molecule has 0 spiro atoms. The first-order chi connectivity index (χ1) is 11.0. The molecule has 2 aliphatic rings. The zero-order valence-electron chi connectivity index (χ0n) is 14.3. The van der Waals surface area contributed by atoms with Crippen LogP contribution in [-0.2, 0) is 4.74 Å². The highest BCUT2D eigenvalue weighted by atomic mass is 16.5. The molecular formula is C19H27NO3. The summed E-state index contributed by atoms with van der Waals surface area (Å²) < 4.78 is 5.56. The Morgan fingerprint density at radius 2 is 1.91 bits per heavy atom. The van der Waals surface area contributed by atoms with E-state index in [1.807, 2.05) is 18.7 Å². The normalized spacial score (nSPS) is 28.2. The molecule has 1 aromatic rings. The van der Waals surface area contributed by atoms with E-state index in [-0.39, 0.29) is 24.0 Å². The number of likely N-dealkylation sites (tertiary alicyclic amines) is 1. The number of aliphatic hydroxyl groups excluding tert-OH is 1. The quantitative estimate of drug-likeness (QED) is 0.912. The van der Waals surface area contributed by atoms with Gasteiger partial charge in [0.2, 0.25) is 0 Å². The van der Waals surface area contributed by atoms with Gasteiger partial charge in [-0.15, -0.1) is 0 Å². The molecule has 23 heavy (non-hydrogen) atoms. The molecule has 4 nitrogen and oxygen atoms in total. The van der Waals surface area contributed by atoms with Gasteiger partial charge < -0.3 is 14.7 Å². The van der Waals surface area contributed by atoms with Crippen molar-refractivity contribution < 1.29 is 14.6 Å². The number of nitrogens with zero attached hydrogens (tertiary/aromatic N) is 1. The molecular weight excluding hydrogens is 290 g/mol.